The van der Waals surface area contributed by atoms with Crippen molar-refractivity contribution in [1.82, 2.24) is 46.5 Å². The first-order chi connectivity index (χ1) is 29.7. The highest BCUT2D eigenvalue weighted by Crippen LogP contribution is 2.13. The van der Waals surface area contributed by atoms with E-state index in [1.165, 1.54) is 30.1 Å². The van der Waals surface area contributed by atoms with E-state index in [0.29, 0.717) is 36.5 Å². The highest BCUT2D eigenvalue weighted by atomic mass is 32.2. The van der Waals surface area contributed by atoms with Crippen molar-refractivity contribution in [1.29, 1.82) is 0 Å². The molecule has 5 atom stereocenters. The summed E-state index contributed by atoms with van der Waals surface area (Å²) in [5.41, 5.74) is 17.0. The largest absolute Gasteiger partial charge is 0.379 e. The molecule has 0 aliphatic rings. The summed E-state index contributed by atoms with van der Waals surface area (Å²) in [4.78, 5) is 142. The van der Waals surface area contributed by atoms with Crippen LogP contribution in [0.2, 0.25) is 0 Å². The molecule has 0 aliphatic carbocycles. The molecule has 3 aromatic rings. The number of nitrogens with two attached hydrogens (primary N) is 3. The van der Waals surface area contributed by atoms with Crippen molar-refractivity contribution in [3.8, 4) is 0 Å². The van der Waals surface area contributed by atoms with Crippen LogP contribution in [0.15, 0.2) is 40.2 Å². The summed E-state index contributed by atoms with van der Waals surface area (Å²) >= 11 is 1.28. The van der Waals surface area contributed by atoms with Crippen molar-refractivity contribution in [2.24, 2.45) is 16.5 Å². The number of rotatable bonds is 27. The number of amides is 5. The van der Waals surface area contributed by atoms with Crippen LogP contribution in [-0.4, -0.2) is 129 Å². The summed E-state index contributed by atoms with van der Waals surface area (Å²) in [6.45, 7) is 0.219. The molecular formula is C37H48N14O10S. The van der Waals surface area contributed by atoms with Crippen molar-refractivity contribution in [3.05, 3.63) is 52.1 Å². The molecule has 5 amide bonds. The van der Waals surface area contributed by atoms with Gasteiger partial charge < -0.3 is 68.3 Å². The van der Waals surface area contributed by atoms with Gasteiger partial charge in [-0.05, 0) is 49.8 Å². The van der Waals surface area contributed by atoms with Gasteiger partial charge in [0.15, 0.2) is 17.1 Å². The number of nitrogen functional groups attached to an aromatic ring is 1. The number of aliphatic imine (C=N–C) groups is 1. The fraction of sp³-hybridized carbons (Fsp3) is 0.405. The van der Waals surface area contributed by atoms with Gasteiger partial charge in [-0.25, -0.2) is 9.97 Å². The number of thioether (sulfide) groups is 1. The number of nitrogens with zero attached hydrogens (tertiary/aromatic N) is 4. The van der Waals surface area contributed by atoms with Crippen LogP contribution < -0.4 is 54.7 Å². The molecule has 0 saturated heterocycles. The number of guanidine groups is 1. The zero-order valence-corrected chi connectivity index (χ0v) is 34.3. The zero-order valence-electron chi connectivity index (χ0n) is 33.5. The minimum atomic E-state index is -1.48. The number of fused-ring (bicyclic) bond motifs is 1. The van der Waals surface area contributed by atoms with Crippen LogP contribution in [0.3, 0.4) is 0 Å². The molecule has 13 N–H and O–H groups in total. The lowest BCUT2D eigenvalue weighted by Gasteiger charge is -2.25. The van der Waals surface area contributed by atoms with Crippen LogP contribution in [0.1, 0.15) is 54.6 Å². The Morgan fingerprint density at radius 3 is 2.08 bits per heavy atom. The molecule has 0 aliphatic heterocycles. The van der Waals surface area contributed by atoms with Gasteiger partial charge in [0.2, 0.25) is 29.6 Å². The van der Waals surface area contributed by atoms with Gasteiger partial charge in [0, 0.05) is 42.8 Å². The van der Waals surface area contributed by atoms with Crippen molar-refractivity contribution in [2.75, 3.05) is 29.6 Å². The predicted octanol–water partition coefficient (Wildman–Crippen LogP) is -3.28. The van der Waals surface area contributed by atoms with E-state index in [2.05, 4.69) is 56.8 Å². The predicted molar refractivity (Wildman–Crippen MR) is 226 cm³/mol. The first-order valence-corrected chi connectivity index (χ1v) is 20.3. The Balaban J connectivity index is 1.58. The van der Waals surface area contributed by atoms with E-state index in [1.54, 1.807) is 18.4 Å². The van der Waals surface area contributed by atoms with E-state index in [4.69, 9.17) is 17.2 Å². The third kappa shape index (κ3) is 16.0. The summed E-state index contributed by atoms with van der Waals surface area (Å²) in [5.74, 6) is -4.14. The van der Waals surface area contributed by atoms with E-state index >= 15 is 0 Å². The SMILES string of the molecule is CSC[C@@H](C=O)NC(=O)[C@@H](CC=O)NC(=O)[C@@H](CCCN=C(N)N)NC(=O)[C@@H](CC=O)NC(=O)CC[C@H](C=O)NC(=O)c1ccc(NCc2cnc3nc(N)[nH]c(=O)c3n2)cc1. The fourth-order valence-corrected chi connectivity index (χ4v) is 6.04. The lowest BCUT2D eigenvalue weighted by Crippen LogP contribution is -2.57. The Hall–Kier alpha value is -7.31. The van der Waals surface area contributed by atoms with Gasteiger partial charge in [-0.3, -0.25) is 38.7 Å². The number of carbonyl (C=O) groups excluding carboxylic acids is 9. The summed E-state index contributed by atoms with van der Waals surface area (Å²) in [6.07, 6.45) is 3.36. The van der Waals surface area contributed by atoms with Crippen LogP contribution in [0.4, 0.5) is 11.6 Å². The Morgan fingerprint density at radius 1 is 0.823 bits per heavy atom. The van der Waals surface area contributed by atoms with E-state index in [9.17, 15) is 47.9 Å². The second-order valence-electron chi connectivity index (χ2n) is 13.4. The minimum absolute atomic E-state index is 0.0164. The van der Waals surface area contributed by atoms with Gasteiger partial charge in [-0.1, -0.05) is 0 Å². The van der Waals surface area contributed by atoms with E-state index < -0.39 is 78.1 Å². The van der Waals surface area contributed by atoms with Gasteiger partial charge in [0.05, 0.1) is 30.5 Å². The molecule has 2 heterocycles. The Kier molecular flexibility index (Phi) is 20.1. The first-order valence-electron chi connectivity index (χ1n) is 18.9. The van der Waals surface area contributed by atoms with Crippen molar-refractivity contribution in [3.63, 3.8) is 0 Å². The maximum Gasteiger partial charge on any atom is 0.280 e. The number of aromatic amines is 1. The summed E-state index contributed by atoms with van der Waals surface area (Å²) < 4.78 is 0. The molecule has 1 aromatic carbocycles. The molecule has 24 nitrogen and oxygen atoms in total. The molecule has 62 heavy (non-hydrogen) atoms. The standard InChI is InChI=1S/C37H48N14O10S/c1-62-19-24(18-55)46-32(58)27(11-14-53)49-33(59)25(3-2-12-41-36(38)39)48-34(60)26(10-13-52)47-28(56)9-8-22(17-54)45-31(57)20-4-6-21(7-5-20)42-15-23-16-43-30-29(44-23)35(61)51-37(40)50-30/h4-7,13-14,16-18,22,24-27,42H,2-3,8-12,15,19H2,1H3,(H,45,57)(H,46,58)(H,47,56)(H,48,60)(H,49,59)(H4,38,39,41)(H3,40,43,50,51,61)/t22-,24-,25-,26-,27-/m1/s1. The molecule has 3 rings (SSSR count). The lowest BCUT2D eigenvalue weighted by atomic mass is 10.1. The number of H-pyrrole nitrogens is 1. The first kappa shape index (κ1) is 49.1. The Bertz CT molecular complexity index is 2170. The van der Waals surface area contributed by atoms with E-state index in [1.807, 2.05) is 0 Å². The lowest BCUT2D eigenvalue weighted by molar-refractivity contribution is -0.134. The van der Waals surface area contributed by atoms with Gasteiger partial charge in [-0.2, -0.15) is 16.7 Å². The highest BCUT2D eigenvalue weighted by Gasteiger charge is 2.30. The summed E-state index contributed by atoms with van der Waals surface area (Å²) in [6, 6.07) is -0.126. The van der Waals surface area contributed by atoms with Gasteiger partial charge >= 0.3 is 0 Å². The number of hydrogen-bond acceptors (Lipinski definition) is 17. The monoisotopic (exact) mass is 880 g/mol. The quantitative estimate of drug-likeness (QED) is 0.0155. The molecule has 25 heteroatoms. The highest BCUT2D eigenvalue weighted by molar-refractivity contribution is 7.98. The number of anilines is 2. The molecule has 332 valence electrons. The summed E-state index contributed by atoms with van der Waals surface area (Å²) in [7, 11) is 0. The number of nitrogens with one attached hydrogen (secondary N) is 7. The molecule has 0 saturated carbocycles. The van der Waals surface area contributed by atoms with E-state index in [-0.39, 0.29) is 73.2 Å². The molecular weight excluding hydrogens is 833 g/mol. The number of aldehydes is 4. The number of carbonyl (C=O) groups is 9. The Labute approximate surface area is 357 Å². The smallest absolute Gasteiger partial charge is 0.280 e. The van der Waals surface area contributed by atoms with Gasteiger partial charge in [0.25, 0.3) is 11.5 Å². The molecule has 0 bridgehead atoms. The molecule has 0 unspecified atom stereocenters. The second-order valence-corrected chi connectivity index (χ2v) is 14.3. The minimum Gasteiger partial charge on any atom is -0.379 e. The van der Waals surface area contributed by atoms with Crippen molar-refractivity contribution < 1.29 is 43.2 Å². The second kappa shape index (κ2) is 25.3. The van der Waals surface area contributed by atoms with Crippen molar-refractivity contribution >= 4 is 95.2 Å². The molecule has 0 radical (unpaired) electrons. The van der Waals surface area contributed by atoms with Crippen LogP contribution in [0.25, 0.3) is 11.2 Å². The fourth-order valence-electron chi connectivity index (χ4n) is 5.52. The zero-order chi connectivity index (χ0) is 45.6. The third-order valence-electron chi connectivity index (χ3n) is 8.63. The van der Waals surface area contributed by atoms with Gasteiger partial charge in [0.1, 0.15) is 43.3 Å². The number of aromatic nitrogens is 4. The maximum atomic E-state index is 13.4. The van der Waals surface area contributed by atoms with Crippen LogP contribution in [0, 0.1) is 0 Å². The van der Waals surface area contributed by atoms with Crippen LogP contribution in [0.5, 0.6) is 0 Å². The van der Waals surface area contributed by atoms with Crippen molar-refractivity contribution in [2.45, 2.75) is 75.3 Å². The normalized spacial score (nSPS) is 13.1. The molecule has 0 fully saturated rings. The van der Waals surface area contributed by atoms with Gasteiger partial charge in [-0.15, -0.1) is 0 Å². The average molecular weight is 881 g/mol. The maximum absolute atomic E-state index is 13.4. The topological polar surface area (TPSA) is 388 Å². The van der Waals surface area contributed by atoms with Crippen LogP contribution in [-0.2, 0) is 44.9 Å². The summed E-state index contributed by atoms with van der Waals surface area (Å²) in [5, 5.41) is 15.3. The molecule has 0 spiro atoms. The van der Waals surface area contributed by atoms with E-state index in [0.717, 1.165) is 0 Å². The van der Waals surface area contributed by atoms with Crippen LogP contribution >= 0.6 is 11.8 Å². The number of benzene rings is 1. The number of hydrogen-bond donors (Lipinski definition) is 10. The Morgan fingerprint density at radius 2 is 1.45 bits per heavy atom. The molecule has 2 aromatic heterocycles. The third-order valence-corrected chi connectivity index (χ3v) is 9.33. The average Bonchev–Trinajstić information content (AvgIpc) is 3.24.